The van der Waals surface area contributed by atoms with E-state index in [2.05, 4.69) is 243 Å². The number of hydrogen-bond donors (Lipinski definition) is 0. The molecule has 0 spiro atoms. The highest BCUT2D eigenvalue weighted by Crippen LogP contribution is 2.53. The molecule has 15 rings (SSSR count). The van der Waals surface area contributed by atoms with Gasteiger partial charge in [-0.3, -0.25) is 0 Å². The smallest absolute Gasteiger partial charge is 0.136 e. The predicted molar refractivity (Wildman–Crippen MR) is 302 cm³/mol. The number of rotatable bonds is 7. The van der Waals surface area contributed by atoms with Gasteiger partial charge < -0.3 is 18.2 Å². The van der Waals surface area contributed by atoms with E-state index in [0.717, 1.165) is 116 Å². The molecule has 0 fully saturated rings. The maximum atomic E-state index is 6.69. The lowest BCUT2D eigenvalue weighted by molar-refractivity contribution is 0.660. The van der Waals surface area contributed by atoms with Crippen LogP contribution < -0.4 is 4.90 Å². The largest absolute Gasteiger partial charge is 0.456 e. The first-order chi connectivity index (χ1) is 35.9. The molecule has 73 heavy (non-hydrogen) atoms. The van der Waals surface area contributed by atoms with Crippen molar-refractivity contribution in [1.29, 1.82) is 0 Å². The SMILES string of the molecule is CC1(C)c2ccccc2-c2ccc(-c3c(-c4ccc5oc6ccccc6c5c4-c4ccc(N(c5ccc(-c6ccccc6)cc5)c5ccc6oc7ccccc7c6c5)cc4)ccc4oc5ccccc5c34)cc21. The average Bonchev–Trinajstić information content (AvgIpc) is 4.19. The Morgan fingerprint density at radius 2 is 0.726 bits per heavy atom. The number of hydrogen-bond acceptors (Lipinski definition) is 4. The van der Waals surface area contributed by atoms with Gasteiger partial charge in [-0.25, -0.2) is 0 Å². The van der Waals surface area contributed by atoms with Gasteiger partial charge in [-0.15, -0.1) is 0 Å². The molecule has 344 valence electrons. The lowest BCUT2D eigenvalue weighted by Gasteiger charge is -2.26. The number of para-hydroxylation sites is 3. The Kier molecular flexibility index (Phi) is 8.97. The minimum absolute atomic E-state index is 0.175. The molecular formula is C69H45NO3. The van der Waals surface area contributed by atoms with Crippen molar-refractivity contribution in [2.75, 3.05) is 4.90 Å². The van der Waals surface area contributed by atoms with Crippen LogP contribution in [0.1, 0.15) is 25.0 Å². The summed E-state index contributed by atoms with van der Waals surface area (Å²) in [6.07, 6.45) is 0. The van der Waals surface area contributed by atoms with E-state index in [9.17, 15) is 0 Å². The van der Waals surface area contributed by atoms with Gasteiger partial charge in [0.05, 0.1) is 0 Å². The second kappa shape index (κ2) is 15.8. The van der Waals surface area contributed by atoms with Crippen LogP contribution >= 0.6 is 0 Å². The topological polar surface area (TPSA) is 42.7 Å². The fourth-order valence-corrected chi connectivity index (χ4v) is 12.1. The minimum atomic E-state index is -0.175. The van der Waals surface area contributed by atoms with Crippen molar-refractivity contribution >= 4 is 82.9 Å². The molecule has 3 aromatic heterocycles. The van der Waals surface area contributed by atoms with Gasteiger partial charge in [0.25, 0.3) is 0 Å². The Morgan fingerprint density at radius 3 is 1.38 bits per heavy atom. The molecule has 11 aromatic carbocycles. The van der Waals surface area contributed by atoms with Gasteiger partial charge in [0.2, 0.25) is 0 Å². The molecule has 0 saturated heterocycles. The molecule has 0 bridgehead atoms. The first-order valence-corrected chi connectivity index (χ1v) is 25.1. The van der Waals surface area contributed by atoms with Crippen molar-refractivity contribution in [2.45, 2.75) is 19.3 Å². The Morgan fingerprint density at radius 1 is 0.288 bits per heavy atom. The molecule has 1 aliphatic carbocycles. The highest BCUT2D eigenvalue weighted by Gasteiger charge is 2.36. The van der Waals surface area contributed by atoms with E-state index in [4.69, 9.17) is 13.3 Å². The maximum Gasteiger partial charge on any atom is 0.136 e. The molecular weight excluding hydrogens is 891 g/mol. The Balaban J connectivity index is 0.949. The van der Waals surface area contributed by atoms with Crippen LogP contribution in [-0.4, -0.2) is 0 Å². The molecule has 4 heteroatoms. The Labute approximate surface area is 421 Å². The van der Waals surface area contributed by atoms with E-state index in [1.54, 1.807) is 0 Å². The number of benzene rings is 11. The summed E-state index contributed by atoms with van der Waals surface area (Å²) in [5.41, 5.74) is 22.5. The zero-order valence-corrected chi connectivity index (χ0v) is 40.2. The van der Waals surface area contributed by atoms with Crippen molar-refractivity contribution in [3.63, 3.8) is 0 Å². The molecule has 0 radical (unpaired) electrons. The van der Waals surface area contributed by atoms with Gasteiger partial charge in [-0.05, 0) is 147 Å². The zero-order chi connectivity index (χ0) is 48.4. The first-order valence-electron chi connectivity index (χ1n) is 25.1. The van der Waals surface area contributed by atoms with Crippen molar-refractivity contribution in [2.24, 2.45) is 0 Å². The van der Waals surface area contributed by atoms with Crippen LogP contribution in [0.5, 0.6) is 0 Å². The molecule has 0 atom stereocenters. The fourth-order valence-electron chi connectivity index (χ4n) is 12.1. The second-order valence-electron chi connectivity index (χ2n) is 19.9. The fraction of sp³-hybridized carbons (Fsp3) is 0.0435. The van der Waals surface area contributed by atoms with Gasteiger partial charge in [-0.2, -0.15) is 0 Å². The van der Waals surface area contributed by atoms with Crippen LogP contribution in [0.15, 0.2) is 250 Å². The van der Waals surface area contributed by atoms with Gasteiger partial charge in [-0.1, -0.05) is 159 Å². The quantitative estimate of drug-likeness (QED) is 0.160. The molecule has 4 nitrogen and oxygen atoms in total. The summed E-state index contributed by atoms with van der Waals surface area (Å²) in [7, 11) is 0. The third-order valence-corrected chi connectivity index (χ3v) is 15.5. The number of furan rings is 3. The number of fused-ring (bicyclic) bond motifs is 12. The van der Waals surface area contributed by atoms with E-state index in [0.29, 0.717) is 0 Å². The average molecular weight is 936 g/mol. The molecule has 3 heterocycles. The Hall–Kier alpha value is -9.38. The molecule has 0 saturated carbocycles. The third kappa shape index (κ3) is 6.33. The number of anilines is 3. The van der Waals surface area contributed by atoms with Gasteiger partial charge in [0.1, 0.15) is 33.5 Å². The second-order valence-corrected chi connectivity index (χ2v) is 19.9. The molecule has 14 aromatic rings. The van der Waals surface area contributed by atoms with Gasteiger partial charge in [0.15, 0.2) is 0 Å². The zero-order valence-electron chi connectivity index (χ0n) is 40.2. The van der Waals surface area contributed by atoms with Crippen LogP contribution in [0.4, 0.5) is 17.1 Å². The molecule has 1 aliphatic rings. The monoisotopic (exact) mass is 935 g/mol. The minimum Gasteiger partial charge on any atom is -0.456 e. The highest BCUT2D eigenvalue weighted by atomic mass is 16.3. The van der Waals surface area contributed by atoms with Crippen LogP contribution in [0, 0.1) is 0 Å². The van der Waals surface area contributed by atoms with Crippen LogP contribution in [0.3, 0.4) is 0 Å². The summed E-state index contributed by atoms with van der Waals surface area (Å²) in [5.74, 6) is 0. The summed E-state index contributed by atoms with van der Waals surface area (Å²) >= 11 is 0. The summed E-state index contributed by atoms with van der Waals surface area (Å²) in [5, 5.41) is 6.53. The van der Waals surface area contributed by atoms with E-state index in [1.165, 1.54) is 33.4 Å². The highest BCUT2D eigenvalue weighted by molar-refractivity contribution is 6.20. The van der Waals surface area contributed by atoms with Crippen molar-refractivity contribution in [1.82, 2.24) is 0 Å². The molecule has 0 amide bonds. The normalized spacial score (nSPS) is 12.9. The van der Waals surface area contributed by atoms with Crippen molar-refractivity contribution in [3.8, 4) is 55.6 Å². The summed E-state index contributed by atoms with van der Waals surface area (Å²) in [6.45, 7) is 4.71. The lowest BCUT2D eigenvalue weighted by atomic mass is 9.80. The summed E-state index contributed by atoms with van der Waals surface area (Å²) in [6, 6.07) is 85.0. The van der Waals surface area contributed by atoms with Gasteiger partial charge in [0, 0.05) is 65.9 Å². The van der Waals surface area contributed by atoms with Gasteiger partial charge >= 0.3 is 0 Å². The van der Waals surface area contributed by atoms with Crippen LogP contribution in [-0.2, 0) is 5.41 Å². The summed E-state index contributed by atoms with van der Waals surface area (Å²) < 4.78 is 19.7. The first kappa shape index (κ1) is 41.4. The number of nitrogens with zero attached hydrogens (tertiary/aromatic N) is 1. The molecule has 0 aliphatic heterocycles. The maximum absolute atomic E-state index is 6.69. The van der Waals surface area contributed by atoms with Crippen LogP contribution in [0.2, 0.25) is 0 Å². The van der Waals surface area contributed by atoms with E-state index in [-0.39, 0.29) is 5.41 Å². The van der Waals surface area contributed by atoms with Crippen molar-refractivity contribution in [3.05, 3.63) is 248 Å². The predicted octanol–water partition coefficient (Wildman–Crippen LogP) is 19.8. The van der Waals surface area contributed by atoms with E-state index in [1.807, 2.05) is 12.1 Å². The standard InChI is InChI=1S/C69H45NO3/c1-69(2)57-20-10-6-16-49(57)50-34-28-45(40-58(50)69)66-53(36-39-64-68(66)55-19-9-13-23-61(55)73-64)52-35-38-63-67(54-18-8-12-22-60(54)72-63)65(52)44-26-31-47(32-27-44)70(46-29-24-43(25-30-46)42-14-4-3-5-15-42)48-33-37-62-56(41-48)51-17-7-11-21-59(51)71-62/h3-41H,1-2H3. The van der Waals surface area contributed by atoms with Crippen LogP contribution in [0.25, 0.3) is 121 Å². The summed E-state index contributed by atoms with van der Waals surface area (Å²) in [4.78, 5) is 2.35. The van der Waals surface area contributed by atoms with Crippen molar-refractivity contribution < 1.29 is 13.3 Å². The molecule has 0 unspecified atom stereocenters. The third-order valence-electron chi connectivity index (χ3n) is 15.5. The lowest BCUT2D eigenvalue weighted by Crippen LogP contribution is -2.14. The van der Waals surface area contributed by atoms with E-state index >= 15 is 0 Å². The molecule has 0 N–H and O–H groups in total. The Bertz CT molecular complexity index is 4510. The van der Waals surface area contributed by atoms with E-state index < -0.39 is 0 Å².